The van der Waals surface area contributed by atoms with Crippen LogP contribution in [0.5, 0.6) is 11.5 Å². The molecule has 1 unspecified atom stereocenters. The number of benzene rings is 8. The third-order valence-corrected chi connectivity index (χ3v) is 16.0. The van der Waals surface area contributed by atoms with Crippen LogP contribution in [-0.2, 0) is 32.2 Å². The lowest BCUT2D eigenvalue weighted by Gasteiger charge is -2.36. The van der Waals surface area contributed by atoms with Gasteiger partial charge in [-0.15, -0.1) is 0 Å². The lowest BCUT2D eigenvalue weighted by atomic mass is 9.80. The second kappa shape index (κ2) is 24.5. The SMILES string of the molecule is COc1ccc(C(OCCCCCCc2ccc3c4cccc5c(CCCCCCOP(OCCC#N)N(C(C)C)C(C)C)ccc(c6cccc2c63)c54)(c2ccccc2)c2ccc(OC)cc2)cc1. The van der Waals surface area contributed by atoms with Crippen LogP contribution in [0.3, 0.4) is 0 Å². The number of nitriles is 1. The zero-order valence-electron chi connectivity index (χ0n) is 42.2. The Hall–Kier alpha value is -5.58. The fourth-order valence-corrected chi connectivity index (χ4v) is 12.2. The third kappa shape index (κ3) is 11.3. The number of nitrogens with zero attached hydrogens (tertiary/aromatic N) is 2. The molecule has 8 heteroatoms. The minimum absolute atomic E-state index is 0.307. The van der Waals surface area contributed by atoms with Gasteiger partial charge in [0.2, 0.25) is 0 Å². The Kier molecular flexibility index (Phi) is 17.8. The Morgan fingerprint density at radius 2 is 0.914 bits per heavy atom. The van der Waals surface area contributed by atoms with Gasteiger partial charge in [0, 0.05) is 18.7 Å². The van der Waals surface area contributed by atoms with Crippen LogP contribution in [0.4, 0.5) is 0 Å². The summed E-state index contributed by atoms with van der Waals surface area (Å²) in [6, 6.07) is 53.3. The van der Waals surface area contributed by atoms with Gasteiger partial charge in [-0.25, -0.2) is 4.67 Å². The molecule has 0 aliphatic heterocycles. The van der Waals surface area contributed by atoms with E-state index in [0.717, 1.165) is 92.4 Å². The largest absolute Gasteiger partial charge is 0.497 e. The van der Waals surface area contributed by atoms with Crippen molar-refractivity contribution in [2.45, 2.75) is 116 Å². The van der Waals surface area contributed by atoms with Crippen molar-refractivity contribution >= 4 is 51.6 Å². The van der Waals surface area contributed by atoms with Crippen LogP contribution >= 0.6 is 8.53 Å². The molecule has 0 fully saturated rings. The summed E-state index contributed by atoms with van der Waals surface area (Å²) < 4.78 is 33.0. The molecule has 70 heavy (non-hydrogen) atoms. The maximum Gasteiger partial charge on any atom is 0.259 e. The highest BCUT2D eigenvalue weighted by Crippen LogP contribution is 2.47. The summed E-state index contributed by atoms with van der Waals surface area (Å²) in [5.41, 5.74) is 5.27. The van der Waals surface area contributed by atoms with E-state index in [1.54, 1.807) is 14.2 Å². The van der Waals surface area contributed by atoms with Crippen molar-refractivity contribution in [2.75, 3.05) is 34.0 Å². The van der Waals surface area contributed by atoms with E-state index in [9.17, 15) is 0 Å². The first-order valence-corrected chi connectivity index (χ1v) is 26.7. The van der Waals surface area contributed by atoms with E-state index < -0.39 is 14.1 Å². The molecule has 0 saturated heterocycles. The highest BCUT2D eigenvalue weighted by atomic mass is 31.2. The monoisotopic (exact) mass is 955 g/mol. The molecule has 8 aromatic rings. The third-order valence-electron chi connectivity index (χ3n) is 13.9. The number of hydrogen-bond donors (Lipinski definition) is 0. The minimum Gasteiger partial charge on any atom is -0.497 e. The lowest BCUT2D eigenvalue weighted by molar-refractivity contribution is 0.0106. The van der Waals surface area contributed by atoms with Crippen LogP contribution in [-0.4, -0.2) is 50.8 Å². The van der Waals surface area contributed by atoms with E-state index in [-0.39, 0.29) is 0 Å². The van der Waals surface area contributed by atoms with Crippen molar-refractivity contribution in [3.8, 4) is 17.6 Å². The van der Waals surface area contributed by atoms with Gasteiger partial charge < -0.3 is 23.3 Å². The van der Waals surface area contributed by atoms with Crippen LogP contribution in [0.15, 0.2) is 140 Å². The second-order valence-electron chi connectivity index (χ2n) is 19.1. The lowest BCUT2D eigenvalue weighted by Crippen LogP contribution is -2.33. The van der Waals surface area contributed by atoms with Crippen molar-refractivity contribution < 1.29 is 23.3 Å². The molecule has 0 radical (unpaired) electrons. The van der Waals surface area contributed by atoms with Crippen molar-refractivity contribution in [1.82, 2.24) is 4.67 Å². The van der Waals surface area contributed by atoms with Crippen LogP contribution in [0.1, 0.15) is 113 Å². The average Bonchev–Trinajstić information content (AvgIpc) is 3.39. The average molecular weight is 955 g/mol. The normalized spacial score (nSPS) is 12.6. The predicted molar refractivity (Wildman–Crippen MR) is 291 cm³/mol. The van der Waals surface area contributed by atoms with Crippen LogP contribution in [0.2, 0.25) is 0 Å². The van der Waals surface area contributed by atoms with E-state index in [2.05, 4.69) is 154 Å². The molecule has 0 spiro atoms. The molecule has 0 bridgehead atoms. The van der Waals surface area contributed by atoms with Gasteiger partial charge in [0.25, 0.3) is 8.53 Å². The van der Waals surface area contributed by atoms with Crippen molar-refractivity contribution in [3.05, 3.63) is 167 Å². The molecule has 0 saturated carbocycles. The summed E-state index contributed by atoms with van der Waals surface area (Å²) in [4.78, 5) is 0. The van der Waals surface area contributed by atoms with Crippen LogP contribution in [0.25, 0.3) is 43.1 Å². The fourth-order valence-electron chi connectivity index (χ4n) is 10.6. The van der Waals surface area contributed by atoms with Crippen LogP contribution in [0, 0.1) is 11.3 Å². The Balaban J connectivity index is 0.901. The summed E-state index contributed by atoms with van der Waals surface area (Å²) in [6.07, 6.45) is 11.2. The first-order valence-electron chi connectivity index (χ1n) is 25.6. The minimum atomic E-state index is -1.19. The summed E-state index contributed by atoms with van der Waals surface area (Å²) in [6.45, 7) is 10.4. The van der Waals surface area contributed by atoms with Gasteiger partial charge in [0.15, 0.2) is 0 Å². The van der Waals surface area contributed by atoms with Crippen molar-refractivity contribution in [1.29, 1.82) is 5.26 Å². The first-order chi connectivity index (χ1) is 34.3. The smallest absolute Gasteiger partial charge is 0.259 e. The Morgan fingerprint density at radius 3 is 1.40 bits per heavy atom. The molecule has 0 aromatic heterocycles. The number of aryl methyl sites for hydroxylation is 2. The van der Waals surface area contributed by atoms with Crippen molar-refractivity contribution in [3.63, 3.8) is 0 Å². The number of rotatable bonds is 27. The molecule has 0 aliphatic carbocycles. The van der Waals surface area contributed by atoms with E-state index >= 15 is 0 Å². The predicted octanol–water partition coefficient (Wildman–Crippen LogP) is 16.3. The van der Waals surface area contributed by atoms with E-state index in [1.807, 2.05) is 24.3 Å². The molecule has 364 valence electrons. The van der Waals surface area contributed by atoms with Gasteiger partial charge in [-0.2, -0.15) is 5.26 Å². The van der Waals surface area contributed by atoms with Gasteiger partial charge in [-0.05, 0) is 161 Å². The highest BCUT2D eigenvalue weighted by molar-refractivity contribution is 7.44. The Bertz CT molecular complexity index is 2850. The quantitative estimate of drug-likeness (QED) is 0.0167. The van der Waals surface area contributed by atoms with Gasteiger partial charge in [0.1, 0.15) is 17.1 Å². The zero-order chi connectivity index (χ0) is 48.9. The standard InChI is InChI=1S/C62H71N2O5P/c1-45(2)64(46(3)4)70(69-44-20-41-63)68-43-17-10-8-13-22-48-30-40-59-56-27-18-25-54-47(29-39-58(60(54)56)57-28-19-26-55(48)61(57)59)21-12-7-9-16-42-67-62(49-23-14-11-15-24-49,50-31-35-52(65-5)36-32-50)51-33-37-53(66-6)38-34-51/h11,14-15,18-19,23-40,45-46H,7-10,12-13,16-17,20-22,42-44H2,1-6H3. The van der Waals surface area contributed by atoms with E-state index in [0.29, 0.717) is 38.3 Å². The molecule has 0 amide bonds. The number of unbranched alkanes of at least 4 members (excludes halogenated alkanes) is 6. The molecule has 8 aromatic carbocycles. The van der Waals surface area contributed by atoms with Crippen molar-refractivity contribution in [2.24, 2.45) is 0 Å². The molecule has 1 atom stereocenters. The number of fused-ring (bicyclic) bond motifs is 2. The summed E-state index contributed by atoms with van der Waals surface area (Å²) in [5.74, 6) is 1.63. The van der Waals surface area contributed by atoms with Gasteiger partial charge in [0.05, 0.1) is 39.9 Å². The molecule has 0 N–H and O–H groups in total. The molecule has 7 nitrogen and oxygen atoms in total. The number of hydrogen-bond acceptors (Lipinski definition) is 7. The Morgan fingerprint density at radius 1 is 0.471 bits per heavy atom. The van der Waals surface area contributed by atoms with E-state index in [4.69, 9.17) is 28.5 Å². The second-order valence-corrected chi connectivity index (χ2v) is 20.5. The number of ether oxygens (including phenoxy) is 3. The zero-order valence-corrected chi connectivity index (χ0v) is 43.1. The molecule has 0 heterocycles. The molecular formula is C62H71N2O5P. The fraction of sp³-hybridized carbons (Fsp3) is 0.371. The Labute approximate surface area is 418 Å². The summed E-state index contributed by atoms with van der Waals surface area (Å²) in [7, 11) is 2.22. The van der Waals surface area contributed by atoms with E-state index in [1.165, 1.54) is 54.2 Å². The molecule has 8 rings (SSSR count). The van der Waals surface area contributed by atoms with Gasteiger partial charge >= 0.3 is 0 Å². The topological polar surface area (TPSA) is 73.2 Å². The highest BCUT2D eigenvalue weighted by Gasteiger charge is 2.38. The van der Waals surface area contributed by atoms with Gasteiger partial charge in [-0.3, -0.25) is 0 Å². The first kappa shape index (κ1) is 50.8. The molecule has 0 aliphatic rings. The van der Waals surface area contributed by atoms with Crippen LogP contribution < -0.4 is 9.47 Å². The molecular weight excluding hydrogens is 884 g/mol. The summed E-state index contributed by atoms with van der Waals surface area (Å²) in [5, 5.41) is 20.0. The summed E-state index contributed by atoms with van der Waals surface area (Å²) >= 11 is 0. The number of methoxy groups -OCH3 is 2. The van der Waals surface area contributed by atoms with Gasteiger partial charge in [-0.1, -0.05) is 141 Å². The maximum absolute atomic E-state index is 9.05. The maximum atomic E-state index is 9.05.